The van der Waals surface area contributed by atoms with Gasteiger partial charge >= 0.3 is 0 Å². The number of aromatic nitrogens is 1. The molecule has 1 aliphatic rings. The van der Waals surface area contributed by atoms with Crippen LogP contribution in [0.2, 0.25) is 0 Å². The van der Waals surface area contributed by atoms with Gasteiger partial charge in [-0.1, -0.05) is 0 Å². The minimum atomic E-state index is -0.0644. The minimum absolute atomic E-state index is 0.0644. The van der Waals surface area contributed by atoms with Crippen molar-refractivity contribution in [3.63, 3.8) is 0 Å². The molecule has 1 amide bonds. The predicted octanol–water partition coefficient (Wildman–Crippen LogP) is 2.97. The zero-order chi connectivity index (χ0) is 14.8. The first-order chi connectivity index (χ1) is 10.1. The molecule has 3 rings (SSSR count). The Hall–Kier alpha value is -1.72. The molecule has 2 aromatic heterocycles. The van der Waals surface area contributed by atoms with E-state index < -0.39 is 0 Å². The Morgan fingerprint density at radius 2 is 2.29 bits per heavy atom. The number of amides is 1. The van der Waals surface area contributed by atoms with Crippen molar-refractivity contribution in [1.82, 2.24) is 9.88 Å². The highest BCUT2D eigenvalue weighted by Gasteiger charge is 2.26. The number of hydrogen-bond acceptors (Lipinski definition) is 4. The van der Waals surface area contributed by atoms with Crippen LogP contribution in [0.25, 0.3) is 0 Å². The highest BCUT2D eigenvalue weighted by Crippen LogP contribution is 2.24. The second-order valence-corrected chi connectivity index (χ2v) is 6.24. The van der Waals surface area contributed by atoms with Crippen molar-refractivity contribution in [2.24, 2.45) is 0 Å². The summed E-state index contributed by atoms with van der Waals surface area (Å²) in [5.41, 5.74) is 3.19. The van der Waals surface area contributed by atoms with Gasteiger partial charge < -0.3 is 9.64 Å². The van der Waals surface area contributed by atoms with Crippen molar-refractivity contribution >= 4 is 17.2 Å². The quantitative estimate of drug-likeness (QED) is 0.856. The Balaban J connectivity index is 1.75. The first-order valence-corrected chi connectivity index (χ1v) is 7.90. The highest BCUT2D eigenvalue weighted by atomic mass is 32.1. The molecule has 1 saturated heterocycles. The largest absolute Gasteiger partial charge is 0.370 e. The number of rotatable bonds is 2. The molecule has 0 radical (unpaired) electrons. The van der Waals surface area contributed by atoms with Crippen LogP contribution in [-0.2, 0) is 4.74 Å². The lowest BCUT2D eigenvalue weighted by atomic mass is 10.1. The van der Waals surface area contributed by atoms with Crippen LogP contribution in [0.1, 0.15) is 32.6 Å². The third-order valence-corrected chi connectivity index (χ3v) is 4.62. The van der Waals surface area contributed by atoms with Gasteiger partial charge in [0.1, 0.15) is 6.10 Å². The van der Waals surface area contributed by atoms with Crippen LogP contribution in [0.15, 0.2) is 29.8 Å². The SMILES string of the molecule is Cc1csc(C(=O)N2CCO[C@@H](c3ccnc(C)c3)C2)c1. The molecule has 5 heteroatoms. The number of aryl methyl sites for hydroxylation is 2. The number of morpholine rings is 1. The smallest absolute Gasteiger partial charge is 0.264 e. The van der Waals surface area contributed by atoms with Gasteiger partial charge in [0.15, 0.2) is 0 Å². The van der Waals surface area contributed by atoms with Gasteiger partial charge in [0.25, 0.3) is 5.91 Å². The predicted molar refractivity (Wildman–Crippen MR) is 82.6 cm³/mol. The maximum Gasteiger partial charge on any atom is 0.264 e. The molecule has 0 aliphatic carbocycles. The second-order valence-electron chi connectivity index (χ2n) is 5.33. The Kier molecular flexibility index (Phi) is 4.03. The number of nitrogens with zero attached hydrogens (tertiary/aromatic N) is 2. The molecular weight excluding hydrogens is 284 g/mol. The zero-order valence-corrected chi connectivity index (χ0v) is 13.0. The van der Waals surface area contributed by atoms with Gasteiger partial charge in [-0.15, -0.1) is 11.3 Å². The van der Waals surface area contributed by atoms with Gasteiger partial charge in [-0.25, -0.2) is 0 Å². The van der Waals surface area contributed by atoms with E-state index in [1.54, 1.807) is 6.20 Å². The summed E-state index contributed by atoms with van der Waals surface area (Å²) in [7, 11) is 0. The molecule has 110 valence electrons. The van der Waals surface area contributed by atoms with E-state index in [9.17, 15) is 4.79 Å². The lowest BCUT2D eigenvalue weighted by Crippen LogP contribution is -2.42. The van der Waals surface area contributed by atoms with E-state index in [2.05, 4.69) is 4.98 Å². The van der Waals surface area contributed by atoms with Gasteiger partial charge in [0.2, 0.25) is 0 Å². The molecule has 1 fully saturated rings. The third-order valence-electron chi connectivity index (χ3n) is 3.59. The fraction of sp³-hybridized carbons (Fsp3) is 0.375. The summed E-state index contributed by atoms with van der Waals surface area (Å²) in [6.07, 6.45) is 1.72. The van der Waals surface area contributed by atoms with Crippen molar-refractivity contribution in [3.05, 3.63) is 51.5 Å². The van der Waals surface area contributed by atoms with Crippen molar-refractivity contribution in [2.45, 2.75) is 20.0 Å². The molecule has 3 heterocycles. The van der Waals surface area contributed by atoms with Crippen molar-refractivity contribution in [1.29, 1.82) is 0 Å². The van der Waals surface area contributed by atoms with Crippen LogP contribution >= 0.6 is 11.3 Å². The topological polar surface area (TPSA) is 42.4 Å². The number of thiophene rings is 1. The molecule has 0 bridgehead atoms. The Labute approximate surface area is 128 Å². The van der Waals surface area contributed by atoms with E-state index in [4.69, 9.17) is 4.74 Å². The molecule has 2 aromatic rings. The molecule has 21 heavy (non-hydrogen) atoms. The van der Waals surface area contributed by atoms with E-state index in [1.807, 2.05) is 42.3 Å². The van der Waals surface area contributed by atoms with Crippen LogP contribution < -0.4 is 0 Å². The van der Waals surface area contributed by atoms with E-state index in [1.165, 1.54) is 11.3 Å². The van der Waals surface area contributed by atoms with Gasteiger partial charge in [0, 0.05) is 18.4 Å². The third kappa shape index (κ3) is 3.14. The fourth-order valence-corrected chi connectivity index (χ4v) is 3.37. The molecule has 1 atom stereocenters. The van der Waals surface area contributed by atoms with Gasteiger partial charge in [-0.2, -0.15) is 0 Å². The minimum Gasteiger partial charge on any atom is -0.370 e. The van der Waals surface area contributed by atoms with Crippen molar-refractivity contribution in [3.8, 4) is 0 Å². The maximum atomic E-state index is 12.5. The Bertz CT molecular complexity index is 653. The maximum absolute atomic E-state index is 12.5. The van der Waals surface area contributed by atoms with Gasteiger partial charge in [0.05, 0.1) is 18.0 Å². The monoisotopic (exact) mass is 302 g/mol. The fourth-order valence-electron chi connectivity index (χ4n) is 2.50. The molecule has 0 unspecified atom stereocenters. The van der Waals surface area contributed by atoms with Crippen LogP contribution in [-0.4, -0.2) is 35.5 Å². The lowest BCUT2D eigenvalue weighted by Gasteiger charge is -2.33. The number of carbonyl (C=O) groups excluding carboxylic acids is 1. The first-order valence-electron chi connectivity index (χ1n) is 7.02. The number of carbonyl (C=O) groups is 1. The normalized spacial score (nSPS) is 18.8. The number of pyridine rings is 1. The average molecular weight is 302 g/mol. The van der Waals surface area contributed by atoms with E-state index in [0.717, 1.165) is 21.7 Å². The van der Waals surface area contributed by atoms with E-state index in [-0.39, 0.29) is 12.0 Å². The molecule has 0 aromatic carbocycles. The average Bonchev–Trinajstić information content (AvgIpc) is 2.93. The number of hydrogen-bond donors (Lipinski definition) is 0. The summed E-state index contributed by atoms with van der Waals surface area (Å²) in [6, 6.07) is 5.93. The van der Waals surface area contributed by atoms with Gasteiger partial charge in [-0.05, 0) is 48.6 Å². The molecule has 0 spiro atoms. The molecule has 0 saturated carbocycles. The summed E-state index contributed by atoms with van der Waals surface area (Å²) in [6.45, 7) is 5.79. The Morgan fingerprint density at radius 1 is 1.43 bits per heavy atom. The van der Waals surface area contributed by atoms with Gasteiger partial charge in [-0.3, -0.25) is 9.78 Å². The lowest BCUT2D eigenvalue weighted by molar-refractivity contribution is -0.0227. The first kappa shape index (κ1) is 14.2. The van der Waals surface area contributed by atoms with Crippen LogP contribution in [0.3, 0.4) is 0 Å². The summed E-state index contributed by atoms with van der Waals surface area (Å²) >= 11 is 1.51. The summed E-state index contributed by atoms with van der Waals surface area (Å²) in [5, 5.41) is 2.01. The van der Waals surface area contributed by atoms with E-state index >= 15 is 0 Å². The standard InChI is InChI=1S/C16H18N2O2S/c1-11-7-15(21-10-11)16(19)18-5-6-20-14(9-18)13-3-4-17-12(2)8-13/h3-4,7-8,10,14H,5-6,9H2,1-2H3/t14-/m1/s1. The zero-order valence-electron chi connectivity index (χ0n) is 12.2. The summed E-state index contributed by atoms with van der Waals surface area (Å²) in [5.74, 6) is 0.104. The van der Waals surface area contributed by atoms with Crippen molar-refractivity contribution < 1.29 is 9.53 Å². The molecule has 1 aliphatic heterocycles. The second kappa shape index (κ2) is 5.95. The molecule has 4 nitrogen and oxygen atoms in total. The van der Waals surface area contributed by atoms with Crippen molar-refractivity contribution in [2.75, 3.05) is 19.7 Å². The van der Waals surface area contributed by atoms with Crippen LogP contribution in [0.4, 0.5) is 0 Å². The van der Waals surface area contributed by atoms with Crippen LogP contribution in [0, 0.1) is 13.8 Å². The molecule has 0 N–H and O–H groups in total. The highest BCUT2D eigenvalue weighted by molar-refractivity contribution is 7.12. The number of ether oxygens (including phenoxy) is 1. The molecular formula is C16H18N2O2S. The van der Waals surface area contributed by atoms with E-state index in [0.29, 0.717) is 19.7 Å². The summed E-state index contributed by atoms with van der Waals surface area (Å²) < 4.78 is 5.82. The summed E-state index contributed by atoms with van der Waals surface area (Å²) in [4.78, 5) is 19.4. The Morgan fingerprint density at radius 3 is 3.00 bits per heavy atom. The van der Waals surface area contributed by atoms with Crippen LogP contribution in [0.5, 0.6) is 0 Å².